The van der Waals surface area contributed by atoms with Crippen LogP contribution in [0.2, 0.25) is 0 Å². The van der Waals surface area contributed by atoms with E-state index in [4.69, 9.17) is 0 Å². The summed E-state index contributed by atoms with van der Waals surface area (Å²) in [6, 6.07) is 6.50. The standard InChI is InChI=1S/C23H18F3N7O2/c1-12-3-14(8-27)6-17(4-12)30-22-29-11-18(15-7-16(21(34)35)10-28-9-15)20(31-22)33-13(2)5-19(32-33)23(24,25)26/h3-7,9-11,19,32H,1-2H3,(H,34,35)(H,29,30,31). The van der Waals surface area contributed by atoms with E-state index in [1.807, 2.05) is 6.92 Å². The van der Waals surface area contributed by atoms with Crippen molar-refractivity contribution in [3.63, 3.8) is 0 Å². The molecule has 3 N–H and O–H groups in total. The summed E-state index contributed by atoms with van der Waals surface area (Å²) in [5.41, 5.74) is 4.82. The smallest absolute Gasteiger partial charge is 0.409 e. The number of aromatic carboxylic acids is 1. The van der Waals surface area contributed by atoms with Crippen molar-refractivity contribution < 1.29 is 23.1 Å². The van der Waals surface area contributed by atoms with E-state index < -0.39 is 18.2 Å². The number of pyridine rings is 1. The number of allylic oxidation sites excluding steroid dienone is 1. The van der Waals surface area contributed by atoms with Gasteiger partial charge in [-0.25, -0.2) is 15.2 Å². The molecule has 1 aromatic carbocycles. The van der Waals surface area contributed by atoms with E-state index >= 15 is 0 Å². The number of carboxylic acids is 1. The Bertz CT molecular complexity index is 1380. The largest absolute Gasteiger partial charge is 0.478 e. The second kappa shape index (κ2) is 9.03. The number of halogens is 3. The first-order chi connectivity index (χ1) is 16.5. The Morgan fingerprint density at radius 3 is 2.63 bits per heavy atom. The summed E-state index contributed by atoms with van der Waals surface area (Å²) in [4.78, 5) is 24.0. The normalized spacial score (nSPS) is 15.5. The Hall–Kier alpha value is -4.50. The van der Waals surface area contributed by atoms with E-state index in [1.165, 1.54) is 30.4 Å². The minimum absolute atomic E-state index is 0.0560. The number of alkyl halides is 3. The number of hydrogen-bond donors (Lipinski definition) is 3. The summed E-state index contributed by atoms with van der Waals surface area (Å²) < 4.78 is 40.2. The van der Waals surface area contributed by atoms with Crippen molar-refractivity contribution >= 4 is 23.4 Å². The maximum absolute atomic E-state index is 13.4. The van der Waals surface area contributed by atoms with Gasteiger partial charge in [0.25, 0.3) is 0 Å². The van der Waals surface area contributed by atoms with Gasteiger partial charge in [0.05, 0.1) is 17.2 Å². The second-order valence-electron chi connectivity index (χ2n) is 7.81. The van der Waals surface area contributed by atoms with Crippen molar-refractivity contribution in [3.8, 4) is 17.2 Å². The van der Waals surface area contributed by atoms with Crippen molar-refractivity contribution in [2.45, 2.75) is 26.1 Å². The SMILES string of the molecule is CC1=CC(C(F)(F)F)NN1c1nc(Nc2cc(C)cc(C#N)c2)ncc1-c1cncc(C(=O)O)c1. The summed E-state index contributed by atoms with van der Waals surface area (Å²) in [5.74, 6) is -1.09. The van der Waals surface area contributed by atoms with Gasteiger partial charge in [0.2, 0.25) is 5.95 Å². The summed E-state index contributed by atoms with van der Waals surface area (Å²) in [5, 5.41) is 22.7. The molecule has 35 heavy (non-hydrogen) atoms. The molecule has 0 bridgehead atoms. The zero-order valence-electron chi connectivity index (χ0n) is 18.4. The van der Waals surface area contributed by atoms with Crippen molar-refractivity contribution in [1.82, 2.24) is 20.4 Å². The molecule has 3 heterocycles. The minimum Gasteiger partial charge on any atom is -0.478 e. The monoisotopic (exact) mass is 481 g/mol. The lowest BCUT2D eigenvalue weighted by Crippen LogP contribution is -2.45. The average Bonchev–Trinajstić information content (AvgIpc) is 3.20. The highest BCUT2D eigenvalue weighted by Gasteiger charge is 2.43. The van der Waals surface area contributed by atoms with Gasteiger partial charge in [-0.15, -0.1) is 0 Å². The first kappa shape index (κ1) is 23.7. The molecule has 2 aromatic heterocycles. The Labute approximate surface area is 197 Å². The molecule has 4 rings (SSSR count). The van der Waals surface area contributed by atoms with E-state index in [1.54, 1.807) is 18.2 Å². The third-order valence-corrected chi connectivity index (χ3v) is 5.12. The van der Waals surface area contributed by atoms with Crippen LogP contribution in [0.1, 0.15) is 28.4 Å². The fraction of sp³-hybridized carbons (Fsp3) is 0.174. The van der Waals surface area contributed by atoms with Gasteiger partial charge in [-0.2, -0.15) is 23.4 Å². The van der Waals surface area contributed by atoms with Gasteiger partial charge in [0.15, 0.2) is 5.82 Å². The van der Waals surface area contributed by atoms with Crippen LogP contribution in [0.5, 0.6) is 0 Å². The van der Waals surface area contributed by atoms with Gasteiger partial charge >= 0.3 is 12.1 Å². The van der Waals surface area contributed by atoms with Gasteiger partial charge in [-0.1, -0.05) is 0 Å². The molecule has 1 atom stereocenters. The number of hydrogen-bond acceptors (Lipinski definition) is 8. The van der Waals surface area contributed by atoms with Crippen LogP contribution in [-0.2, 0) is 0 Å². The Morgan fingerprint density at radius 1 is 1.20 bits per heavy atom. The Morgan fingerprint density at radius 2 is 1.97 bits per heavy atom. The molecular weight excluding hydrogens is 463 g/mol. The lowest BCUT2D eigenvalue weighted by Gasteiger charge is -2.25. The molecule has 1 unspecified atom stereocenters. The first-order valence-corrected chi connectivity index (χ1v) is 10.2. The summed E-state index contributed by atoms with van der Waals surface area (Å²) in [6.07, 6.45) is 0.378. The molecule has 9 nitrogen and oxygen atoms in total. The van der Waals surface area contributed by atoms with Crippen molar-refractivity contribution in [2.75, 3.05) is 10.3 Å². The first-order valence-electron chi connectivity index (χ1n) is 10.2. The quantitative estimate of drug-likeness (QED) is 0.488. The summed E-state index contributed by atoms with van der Waals surface area (Å²) in [6.45, 7) is 3.30. The van der Waals surface area contributed by atoms with Gasteiger partial charge in [0.1, 0.15) is 6.04 Å². The maximum Gasteiger partial charge on any atom is 0.409 e. The average molecular weight is 481 g/mol. The van der Waals surface area contributed by atoms with Crippen LogP contribution in [0, 0.1) is 18.3 Å². The summed E-state index contributed by atoms with van der Waals surface area (Å²) >= 11 is 0. The van der Waals surface area contributed by atoms with Crippen molar-refractivity contribution in [3.05, 3.63) is 71.3 Å². The number of nitrogens with zero attached hydrogens (tertiary/aromatic N) is 5. The molecule has 0 fully saturated rings. The van der Waals surface area contributed by atoms with Crippen LogP contribution in [0.3, 0.4) is 0 Å². The maximum atomic E-state index is 13.4. The predicted molar refractivity (Wildman–Crippen MR) is 121 cm³/mol. The molecule has 0 aliphatic carbocycles. The lowest BCUT2D eigenvalue weighted by atomic mass is 10.1. The van der Waals surface area contributed by atoms with E-state index in [-0.39, 0.29) is 28.6 Å². The van der Waals surface area contributed by atoms with Crippen molar-refractivity contribution in [1.29, 1.82) is 5.26 Å². The zero-order chi connectivity index (χ0) is 25.3. The van der Waals surface area contributed by atoms with E-state index in [2.05, 4.69) is 31.8 Å². The molecule has 0 spiro atoms. The summed E-state index contributed by atoms with van der Waals surface area (Å²) in [7, 11) is 0. The number of carboxylic acid groups (broad SMARTS) is 1. The Kier molecular flexibility index (Phi) is 6.10. The van der Waals surface area contributed by atoms with Crippen LogP contribution >= 0.6 is 0 Å². The van der Waals surface area contributed by atoms with Crippen LogP contribution < -0.4 is 15.8 Å². The van der Waals surface area contributed by atoms with Gasteiger partial charge in [-0.3, -0.25) is 9.99 Å². The van der Waals surface area contributed by atoms with Crippen molar-refractivity contribution in [2.24, 2.45) is 0 Å². The third-order valence-electron chi connectivity index (χ3n) is 5.12. The number of nitriles is 1. The molecule has 0 saturated heterocycles. The number of nitrogens with one attached hydrogen (secondary N) is 2. The molecule has 0 saturated carbocycles. The number of rotatable bonds is 5. The number of carbonyl (C=O) groups is 1. The van der Waals surface area contributed by atoms with E-state index in [0.717, 1.165) is 17.8 Å². The third kappa shape index (κ3) is 5.04. The van der Waals surface area contributed by atoms with Crippen LogP contribution in [0.4, 0.5) is 30.6 Å². The minimum atomic E-state index is -4.54. The molecule has 1 aliphatic heterocycles. The van der Waals surface area contributed by atoms with E-state index in [0.29, 0.717) is 16.8 Å². The van der Waals surface area contributed by atoms with Gasteiger partial charge in [-0.05, 0) is 49.8 Å². The van der Waals surface area contributed by atoms with E-state index in [9.17, 15) is 28.3 Å². The molecular formula is C23H18F3N7O2. The highest BCUT2D eigenvalue weighted by atomic mass is 19.4. The van der Waals surface area contributed by atoms with Gasteiger partial charge < -0.3 is 10.4 Å². The molecule has 1 aliphatic rings. The zero-order valence-corrected chi connectivity index (χ0v) is 18.4. The number of benzene rings is 1. The Balaban J connectivity index is 1.80. The fourth-order valence-corrected chi connectivity index (χ4v) is 3.55. The number of anilines is 3. The molecule has 0 amide bonds. The number of aryl methyl sites for hydroxylation is 1. The number of hydrazine groups is 1. The lowest BCUT2D eigenvalue weighted by molar-refractivity contribution is -0.142. The molecule has 0 radical (unpaired) electrons. The van der Waals surface area contributed by atoms with Crippen LogP contribution in [0.15, 0.2) is 54.6 Å². The highest BCUT2D eigenvalue weighted by Crippen LogP contribution is 2.35. The van der Waals surface area contributed by atoms with Crippen LogP contribution in [0.25, 0.3) is 11.1 Å². The van der Waals surface area contributed by atoms with Crippen LogP contribution in [-0.4, -0.2) is 38.2 Å². The predicted octanol–water partition coefficient (Wildman–Crippen LogP) is 4.32. The molecule has 3 aromatic rings. The number of aromatic nitrogens is 3. The highest BCUT2D eigenvalue weighted by molar-refractivity contribution is 5.90. The second-order valence-corrected chi connectivity index (χ2v) is 7.81. The molecule has 178 valence electrons. The topological polar surface area (TPSA) is 127 Å². The molecule has 12 heteroatoms. The fourth-order valence-electron chi connectivity index (χ4n) is 3.55. The van der Waals surface area contributed by atoms with Gasteiger partial charge in [0, 0.05) is 41.1 Å².